The van der Waals surface area contributed by atoms with Crippen LogP contribution in [0.5, 0.6) is 0 Å². The Kier molecular flexibility index (Phi) is 3.99. The Bertz CT molecular complexity index is 926. The minimum Gasteiger partial charge on any atom is -0.346 e. The standard InChI is InChI=1S/C20H20FN3O/c1-13-4-5-16(18(21)11-13)20(25)24-9-6-14(7-10-24)17-12-23-19-15(17)3-2-8-22-19/h2-5,8,11-12,14H,6-7,9-10H2,1H3,(H,22,23). The number of fused-ring (bicyclic) bond motifs is 1. The molecule has 5 heteroatoms. The van der Waals surface area contributed by atoms with Crippen LogP contribution in [0.3, 0.4) is 0 Å². The predicted molar refractivity (Wildman–Crippen MR) is 95.1 cm³/mol. The monoisotopic (exact) mass is 337 g/mol. The van der Waals surface area contributed by atoms with Crippen LogP contribution >= 0.6 is 0 Å². The lowest BCUT2D eigenvalue weighted by atomic mass is 9.89. The molecule has 1 aliphatic rings. The summed E-state index contributed by atoms with van der Waals surface area (Å²) in [5, 5.41) is 1.15. The number of amides is 1. The first kappa shape index (κ1) is 15.8. The van der Waals surface area contributed by atoms with Gasteiger partial charge < -0.3 is 9.88 Å². The van der Waals surface area contributed by atoms with Crippen molar-refractivity contribution in [2.75, 3.05) is 13.1 Å². The minimum absolute atomic E-state index is 0.167. The average molecular weight is 337 g/mol. The molecule has 1 aromatic carbocycles. The van der Waals surface area contributed by atoms with Crippen molar-refractivity contribution in [3.8, 4) is 0 Å². The van der Waals surface area contributed by atoms with Crippen molar-refractivity contribution in [3.05, 3.63) is 65.2 Å². The molecule has 4 rings (SSSR count). The number of aromatic amines is 1. The molecule has 128 valence electrons. The molecule has 0 unspecified atom stereocenters. The number of pyridine rings is 1. The van der Waals surface area contributed by atoms with E-state index in [0.717, 1.165) is 29.4 Å². The number of aryl methyl sites for hydroxylation is 1. The highest BCUT2D eigenvalue weighted by atomic mass is 19.1. The molecule has 2 aromatic heterocycles. The van der Waals surface area contributed by atoms with Crippen LogP contribution in [-0.2, 0) is 0 Å². The van der Waals surface area contributed by atoms with Gasteiger partial charge in [-0.25, -0.2) is 9.37 Å². The van der Waals surface area contributed by atoms with Gasteiger partial charge in [0.15, 0.2) is 0 Å². The highest BCUT2D eigenvalue weighted by Crippen LogP contribution is 2.33. The number of halogens is 1. The van der Waals surface area contributed by atoms with E-state index in [4.69, 9.17) is 0 Å². The second-order valence-corrected chi connectivity index (χ2v) is 6.69. The molecule has 1 amide bonds. The van der Waals surface area contributed by atoms with Crippen LogP contribution < -0.4 is 0 Å². The third-order valence-electron chi connectivity index (χ3n) is 5.06. The lowest BCUT2D eigenvalue weighted by Gasteiger charge is -2.32. The van der Waals surface area contributed by atoms with E-state index in [1.165, 1.54) is 11.6 Å². The van der Waals surface area contributed by atoms with Crippen LogP contribution in [0.25, 0.3) is 11.0 Å². The van der Waals surface area contributed by atoms with Gasteiger partial charge >= 0.3 is 0 Å². The minimum atomic E-state index is -0.435. The second kappa shape index (κ2) is 6.31. The normalized spacial score (nSPS) is 15.7. The number of nitrogens with one attached hydrogen (secondary N) is 1. The molecule has 4 nitrogen and oxygen atoms in total. The van der Waals surface area contributed by atoms with Gasteiger partial charge in [-0.05, 0) is 61.1 Å². The zero-order chi connectivity index (χ0) is 17.4. The fourth-order valence-corrected chi connectivity index (χ4v) is 3.67. The van der Waals surface area contributed by atoms with Crippen molar-refractivity contribution in [1.82, 2.24) is 14.9 Å². The number of H-pyrrole nitrogens is 1. The molecule has 0 spiro atoms. The van der Waals surface area contributed by atoms with Crippen LogP contribution in [0.15, 0.2) is 42.7 Å². The SMILES string of the molecule is Cc1ccc(C(=O)N2CCC(c3c[nH]c4ncccc34)CC2)c(F)c1. The predicted octanol–water partition coefficient (Wildman–Crippen LogP) is 4.03. The Morgan fingerprint density at radius 2 is 2.08 bits per heavy atom. The maximum atomic E-state index is 14.1. The van der Waals surface area contributed by atoms with E-state index < -0.39 is 5.82 Å². The summed E-state index contributed by atoms with van der Waals surface area (Å²) in [6.07, 6.45) is 5.56. The summed E-state index contributed by atoms with van der Waals surface area (Å²) in [7, 11) is 0. The zero-order valence-electron chi connectivity index (χ0n) is 14.1. The maximum absolute atomic E-state index is 14.1. The molecule has 1 fully saturated rings. The molecule has 25 heavy (non-hydrogen) atoms. The Morgan fingerprint density at radius 3 is 2.84 bits per heavy atom. The van der Waals surface area contributed by atoms with E-state index in [2.05, 4.69) is 16.0 Å². The van der Waals surface area contributed by atoms with Crippen LogP contribution in [0.2, 0.25) is 0 Å². The lowest BCUT2D eigenvalue weighted by molar-refractivity contribution is 0.0708. The van der Waals surface area contributed by atoms with Gasteiger partial charge in [0, 0.05) is 30.9 Å². The largest absolute Gasteiger partial charge is 0.346 e. The Morgan fingerprint density at radius 1 is 1.28 bits per heavy atom. The first-order chi connectivity index (χ1) is 12.1. The summed E-state index contributed by atoms with van der Waals surface area (Å²) in [6, 6.07) is 8.80. The highest BCUT2D eigenvalue weighted by Gasteiger charge is 2.27. The van der Waals surface area contributed by atoms with Gasteiger partial charge in [-0.1, -0.05) is 6.07 Å². The topological polar surface area (TPSA) is 49.0 Å². The van der Waals surface area contributed by atoms with Crippen molar-refractivity contribution in [1.29, 1.82) is 0 Å². The second-order valence-electron chi connectivity index (χ2n) is 6.69. The maximum Gasteiger partial charge on any atom is 0.256 e. The smallest absolute Gasteiger partial charge is 0.256 e. The zero-order valence-corrected chi connectivity index (χ0v) is 14.1. The number of hydrogen-bond acceptors (Lipinski definition) is 2. The van der Waals surface area contributed by atoms with Gasteiger partial charge in [0.2, 0.25) is 0 Å². The van der Waals surface area contributed by atoms with Crippen molar-refractivity contribution in [2.45, 2.75) is 25.7 Å². The van der Waals surface area contributed by atoms with Gasteiger partial charge in [-0.3, -0.25) is 4.79 Å². The summed E-state index contributed by atoms with van der Waals surface area (Å²) < 4.78 is 14.1. The van der Waals surface area contributed by atoms with Gasteiger partial charge in [0.1, 0.15) is 11.5 Å². The van der Waals surface area contributed by atoms with Crippen LogP contribution in [-0.4, -0.2) is 33.9 Å². The number of piperidine rings is 1. The van der Waals surface area contributed by atoms with Crippen LogP contribution in [0.4, 0.5) is 4.39 Å². The molecular formula is C20H20FN3O. The van der Waals surface area contributed by atoms with E-state index in [1.54, 1.807) is 23.2 Å². The Hall–Kier alpha value is -2.69. The van der Waals surface area contributed by atoms with E-state index in [9.17, 15) is 9.18 Å². The molecule has 0 saturated carbocycles. The molecule has 3 aromatic rings. The average Bonchev–Trinajstić information content (AvgIpc) is 3.05. The van der Waals surface area contributed by atoms with Gasteiger partial charge in [0.05, 0.1) is 5.56 Å². The number of aromatic nitrogens is 2. The van der Waals surface area contributed by atoms with E-state index in [0.29, 0.717) is 19.0 Å². The quantitative estimate of drug-likeness (QED) is 0.767. The first-order valence-electron chi connectivity index (χ1n) is 8.61. The van der Waals surface area contributed by atoms with E-state index in [-0.39, 0.29) is 11.5 Å². The number of carbonyl (C=O) groups is 1. The fraction of sp³-hybridized carbons (Fsp3) is 0.300. The summed E-state index contributed by atoms with van der Waals surface area (Å²) >= 11 is 0. The number of rotatable bonds is 2. The number of likely N-dealkylation sites (tertiary alicyclic amines) is 1. The molecule has 1 aliphatic heterocycles. The van der Waals surface area contributed by atoms with Crippen LogP contribution in [0.1, 0.15) is 40.2 Å². The van der Waals surface area contributed by atoms with Crippen molar-refractivity contribution in [3.63, 3.8) is 0 Å². The molecule has 1 N–H and O–H groups in total. The first-order valence-corrected chi connectivity index (χ1v) is 8.61. The van der Waals surface area contributed by atoms with Crippen molar-refractivity contribution < 1.29 is 9.18 Å². The highest BCUT2D eigenvalue weighted by molar-refractivity contribution is 5.94. The number of carbonyl (C=O) groups excluding carboxylic acids is 1. The molecule has 1 saturated heterocycles. The lowest BCUT2D eigenvalue weighted by Crippen LogP contribution is -2.38. The summed E-state index contributed by atoms with van der Waals surface area (Å²) in [5.41, 5.74) is 3.15. The van der Waals surface area contributed by atoms with E-state index in [1.807, 2.05) is 19.2 Å². The van der Waals surface area contributed by atoms with Crippen LogP contribution in [0, 0.1) is 12.7 Å². The molecule has 3 heterocycles. The molecule has 0 atom stereocenters. The van der Waals surface area contributed by atoms with Gasteiger partial charge in [-0.15, -0.1) is 0 Å². The Balaban J connectivity index is 1.49. The van der Waals surface area contributed by atoms with Gasteiger partial charge in [0.25, 0.3) is 5.91 Å². The molecular weight excluding hydrogens is 317 g/mol. The molecule has 0 aliphatic carbocycles. The third-order valence-corrected chi connectivity index (χ3v) is 5.06. The summed E-state index contributed by atoms with van der Waals surface area (Å²) in [4.78, 5) is 21.9. The third kappa shape index (κ3) is 2.90. The molecule has 0 radical (unpaired) electrons. The van der Waals surface area contributed by atoms with Gasteiger partial charge in [-0.2, -0.15) is 0 Å². The van der Waals surface area contributed by atoms with E-state index >= 15 is 0 Å². The summed E-state index contributed by atoms with van der Waals surface area (Å²) in [5.74, 6) is -0.253. The number of nitrogens with zero attached hydrogens (tertiary/aromatic N) is 2. The fourth-order valence-electron chi connectivity index (χ4n) is 3.67. The van der Waals surface area contributed by atoms with Crippen molar-refractivity contribution >= 4 is 16.9 Å². The van der Waals surface area contributed by atoms with Crippen molar-refractivity contribution in [2.24, 2.45) is 0 Å². The Labute approximate surface area is 145 Å². The number of hydrogen-bond donors (Lipinski definition) is 1. The summed E-state index contributed by atoms with van der Waals surface area (Å²) in [6.45, 7) is 3.10. The number of benzene rings is 1. The molecule has 0 bridgehead atoms.